The first-order chi connectivity index (χ1) is 8.36. The SMILES string of the molecule is NCC1(N2CCOC3CCCCC32)CCCC1. The highest BCUT2D eigenvalue weighted by atomic mass is 16.5. The maximum absolute atomic E-state index is 6.14. The van der Waals surface area contributed by atoms with Crippen molar-refractivity contribution in [1.82, 2.24) is 4.90 Å². The molecule has 3 heteroatoms. The van der Waals surface area contributed by atoms with Crippen molar-refractivity contribution in [3.05, 3.63) is 0 Å². The molecule has 2 aliphatic carbocycles. The lowest BCUT2D eigenvalue weighted by Crippen LogP contribution is -2.63. The first-order valence-corrected chi connectivity index (χ1v) is 7.44. The van der Waals surface area contributed by atoms with Crippen LogP contribution in [-0.4, -0.2) is 42.3 Å². The molecule has 3 nitrogen and oxygen atoms in total. The molecule has 2 N–H and O–H groups in total. The van der Waals surface area contributed by atoms with Gasteiger partial charge in [-0.3, -0.25) is 4.90 Å². The molecule has 0 amide bonds. The normalized spacial score (nSPS) is 37.9. The Labute approximate surface area is 105 Å². The van der Waals surface area contributed by atoms with E-state index in [1.165, 1.54) is 51.4 Å². The van der Waals surface area contributed by atoms with Crippen LogP contribution < -0.4 is 5.73 Å². The monoisotopic (exact) mass is 238 g/mol. The number of morpholine rings is 1. The van der Waals surface area contributed by atoms with E-state index < -0.39 is 0 Å². The van der Waals surface area contributed by atoms with Crippen LogP contribution in [0.1, 0.15) is 51.4 Å². The summed E-state index contributed by atoms with van der Waals surface area (Å²) < 4.78 is 5.98. The van der Waals surface area contributed by atoms with Crippen molar-refractivity contribution < 1.29 is 4.74 Å². The molecule has 2 saturated carbocycles. The second-order valence-corrected chi connectivity index (χ2v) is 6.09. The van der Waals surface area contributed by atoms with E-state index in [1.807, 2.05) is 0 Å². The van der Waals surface area contributed by atoms with Crippen LogP contribution in [0.3, 0.4) is 0 Å². The molecule has 2 atom stereocenters. The lowest BCUT2D eigenvalue weighted by Gasteiger charge is -2.52. The van der Waals surface area contributed by atoms with E-state index in [2.05, 4.69) is 4.90 Å². The summed E-state index contributed by atoms with van der Waals surface area (Å²) in [5.74, 6) is 0. The maximum atomic E-state index is 6.14. The molecule has 3 rings (SSSR count). The van der Waals surface area contributed by atoms with E-state index in [1.54, 1.807) is 0 Å². The second kappa shape index (κ2) is 4.87. The number of hydrogen-bond donors (Lipinski definition) is 1. The summed E-state index contributed by atoms with van der Waals surface area (Å²) in [4.78, 5) is 2.76. The Morgan fingerprint density at radius 2 is 1.88 bits per heavy atom. The largest absolute Gasteiger partial charge is 0.375 e. The quantitative estimate of drug-likeness (QED) is 0.798. The van der Waals surface area contributed by atoms with E-state index in [9.17, 15) is 0 Å². The zero-order valence-electron chi connectivity index (χ0n) is 10.9. The van der Waals surface area contributed by atoms with Crippen molar-refractivity contribution in [3.8, 4) is 0 Å². The molecule has 0 spiro atoms. The molecule has 3 aliphatic rings. The maximum Gasteiger partial charge on any atom is 0.0731 e. The molecular weight excluding hydrogens is 212 g/mol. The Hall–Kier alpha value is -0.120. The summed E-state index contributed by atoms with van der Waals surface area (Å²) >= 11 is 0. The Kier molecular flexibility index (Phi) is 3.42. The van der Waals surface area contributed by atoms with Gasteiger partial charge in [-0.15, -0.1) is 0 Å². The number of rotatable bonds is 2. The van der Waals surface area contributed by atoms with Crippen molar-refractivity contribution in [2.45, 2.75) is 69.1 Å². The fourth-order valence-electron chi connectivity index (χ4n) is 4.33. The first kappa shape index (κ1) is 11.9. The minimum atomic E-state index is 0.323. The summed E-state index contributed by atoms with van der Waals surface area (Å²) in [6.07, 6.45) is 11.2. The van der Waals surface area contributed by atoms with Crippen LogP contribution in [0.25, 0.3) is 0 Å². The van der Waals surface area contributed by atoms with E-state index in [0.29, 0.717) is 17.7 Å². The number of nitrogens with two attached hydrogens (primary N) is 1. The molecule has 0 aromatic rings. The molecule has 98 valence electrons. The minimum absolute atomic E-state index is 0.323. The lowest BCUT2D eigenvalue weighted by atomic mass is 9.84. The van der Waals surface area contributed by atoms with Crippen LogP contribution in [-0.2, 0) is 4.74 Å². The van der Waals surface area contributed by atoms with E-state index in [-0.39, 0.29) is 0 Å². The molecule has 1 heterocycles. The third-order valence-electron chi connectivity index (χ3n) is 5.26. The van der Waals surface area contributed by atoms with Crippen LogP contribution in [0.2, 0.25) is 0 Å². The smallest absolute Gasteiger partial charge is 0.0731 e. The summed E-state index contributed by atoms with van der Waals surface area (Å²) in [5, 5.41) is 0. The van der Waals surface area contributed by atoms with Crippen molar-refractivity contribution in [1.29, 1.82) is 0 Å². The van der Waals surface area contributed by atoms with Gasteiger partial charge in [0.15, 0.2) is 0 Å². The third kappa shape index (κ3) is 2.02. The van der Waals surface area contributed by atoms with Crippen LogP contribution in [0.15, 0.2) is 0 Å². The summed E-state index contributed by atoms with van der Waals surface area (Å²) in [7, 11) is 0. The van der Waals surface area contributed by atoms with Gasteiger partial charge in [0.1, 0.15) is 0 Å². The highest BCUT2D eigenvalue weighted by molar-refractivity contribution is 5.02. The molecule has 1 aliphatic heterocycles. The van der Waals surface area contributed by atoms with Crippen molar-refractivity contribution in [3.63, 3.8) is 0 Å². The highest BCUT2D eigenvalue weighted by Crippen LogP contribution is 2.40. The standard InChI is InChI=1S/C14H26N2O/c15-11-14(7-3-4-8-14)16-9-10-17-13-6-2-1-5-12(13)16/h12-13H,1-11,15H2. The van der Waals surface area contributed by atoms with E-state index in [4.69, 9.17) is 10.5 Å². The third-order valence-corrected chi connectivity index (χ3v) is 5.26. The molecule has 3 fully saturated rings. The van der Waals surface area contributed by atoms with E-state index in [0.717, 1.165) is 19.7 Å². The van der Waals surface area contributed by atoms with Crippen LogP contribution in [0.5, 0.6) is 0 Å². The fraction of sp³-hybridized carbons (Fsp3) is 1.00. The molecule has 0 aromatic heterocycles. The molecule has 2 unspecified atom stereocenters. The van der Waals surface area contributed by atoms with Crippen molar-refractivity contribution >= 4 is 0 Å². The van der Waals surface area contributed by atoms with Gasteiger partial charge in [-0.05, 0) is 25.7 Å². The molecule has 1 saturated heterocycles. The topological polar surface area (TPSA) is 38.5 Å². The predicted octanol–water partition coefficient (Wildman–Crippen LogP) is 1.90. The number of ether oxygens (including phenoxy) is 1. The summed E-state index contributed by atoms with van der Waals surface area (Å²) in [6.45, 7) is 2.87. The average Bonchev–Trinajstić information content (AvgIpc) is 2.88. The number of hydrogen-bond acceptors (Lipinski definition) is 3. The average molecular weight is 238 g/mol. The van der Waals surface area contributed by atoms with Gasteiger partial charge in [0.25, 0.3) is 0 Å². The van der Waals surface area contributed by atoms with Gasteiger partial charge in [-0.1, -0.05) is 25.7 Å². The Bertz CT molecular complexity index is 261. The van der Waals surface area contributed by atoms with Gasteiger partial charge < -0.3 is 10.5 Å². The molecule has 0 radical (unpaired) electrons. The molecule has 0 aromatic carbocycles. The van der Waals surface area contributed by atoms with Gasteiger partial charge in [0.05, 0.1) is 12.7 Å². The second-order valence-electron chi connectivity index (χ2n) is 6.09. The minimum Gasteiger partial charge on any atom is -0.375 e. The summed E-state index contributed by atoms with van der Waals surface area (Å²) in [5.41, 5.74) is 6.46. The van der Waals surface area contributed by atoms with Crippen LogP contribution in [0, 0.1) is 0 Å². The Morgan fingerprint density at radius 3 is 2.65 bits per heavy atom. The van der Waals surface area contributed by atoms with Gasteiger partial charge in [-0.2, -0.15) is 0 Å². The lowest BCUT2D eigenvalue weighted by molar-refractivity contribution is -0.124. The Balaban J connectivity index is 1.79. The molecule has 0 bridgehead atoms. The highest BCUT2D eigenvalue weighted by Gasteiger charge is 2.46. The van der Waals surface area contributed by atoms with Gasteiger partial charge >= 0.3 is 0 Å². The van der Waals surface area contributed by atoms with E-state index >= 15 is 0 Å². The Morgan fingerprint density at radius 1 is 1.12 bits per heavy atom. The number of fused-ring (bicyclic) bond motifs is 1. The molecule has 17 heavy (non-hydrogen) atoms. The van der Waals surface area contributed by atoms with Crippen molar-refractivity contribution in [2.75, 3.05) is 19.7 Å². The number of nitrogens with zero attached hydrogens (tertiary/aromatic N) is 1. The van der Waals surface area contributed by atoms with Gasteiger partial charge in [0, 0.05) is 24.7 Å². The zero-order chi connectivity index (χ0) is 11.7. The predicted molar refractivity (Wildman–Crippen MR) is 69.0 cm³/mol. The molecular formula is C14H26N2O. The first-order valence-electron chi connectivity index (χ1n) is 7.44. The van der Waals surface area contributed by atoms with Gasteiger partial charge in [0.2, 0.25) is 0 Å². The van der Waals surface area contributed by atoms with Gasteiger partial charge in [-0.25, -0.2) is 0 Å². The zero-order valence-corrected chi connectivity index (χ0v) is 10.9. The van der Waals surface area contributed by atoms with Crippen LogP contribution >= 0.6 is 0 Å². The van der Waals surface area contributed by atoms with Crippen LogP contribution in [0.4, 0.5) is 0 Å². The van der Waals surface area contributed by atoms with Crippen molar-refractivity contribution in [2.24, 2.45) is 5.73 Å². The fourth-order valence-corrected chi connectivity index (χ4v) is 4.33. The summed E-state index contributed by atoms with van der Waals surface area (Å²) in [6, 6.07) is 0.666.